The predicted molar refractivity (Wildman–Crippen MR) is 84.2 cm³/mol. The molecule has 0 aliphatic carbocycles. The molecule has 1 aromatic rings. The second-order valence-corrected chi connectivity index (χ2v) is 6.44. The molecule has 0 bridgehead atoms. The Bertz CT molecular complexity index is 595. The summed E-state index contributed by atoms with van der Waals surface area (Å²) in [6.07, 6.45) is 0. The topological polar surface area (TPSA) is 88.5 Å². The zero-order chi connectivity index (χ0) is 15.5. The molecule has 0 aliphatic heterocycles. The zero-order valence-electron chi connectivity index (χ0n) is 9.42. The van der Waals surface area contributed by atoms with Gasteiger partial charge in [0.1, 0.15) is 0 Å². The van der Waals surface area contributed by atoms with E-state index in [1.165, 1.54) is 18.2 Å². The largest absolute Gasteiger partial charge is 0.561 e. The van der Waals surface area contributed by atoms with Crippen LogP contribution in [0.2, 0.25) is 10.0 Å². The Balaban J connectivity index is 3.35. The summed E-state index contributed by atoms with van der Waals surface area (Å²) >= 11 is 28.6. The molecule has 0 heterocycles. The third-order valence-electron chi connectivity index (χ3n) is 1.82. The summed E-state index contributed by atoms with van der Waals surface area (Å²) in [7, 11) is 0. The number of halogens is 5. The van der Waals surface area contributed by atoms with Crippen molar-refractivity contribution < 1.29 is 9.90 Å². The molecule has 108 valence electrons. The first kappa shape index (κ1) is 17.3. The monoisotopic (exact) mass is 375 g/mol. The predicted octanol–water partition coefficient (Wildman–Crippen LogP) is 4.10. The minimum Gasteiger partial charge on any atom is -0.561 e. The lowest BCUT2D eigenvalue weighted by atomic mass is 10.3. The molecule has 0 atom stereocenters. The molecule has 5 nitrogen and oxygen atoms in total. The Morgan fingerprint density at radius 2 is 1.85 bits per heavy atom. The van der Waals surface area contributed by atoms with Crippen LogP contribution >= 0.6 is 58.0 Å². The van der Waals surface area contributed by atoms with E-state index in [9.17, 15) is 4.79 Å². The van der Waals surface area contributed by atoms with Crippen LogP contribution in [0.25, 0.3) is 5.73 Å². The lowest BCUT2D eigenvalue weighted by Gasteiger charge is -2.16. The number of amidine groups is 2. The molecule has 0 aromatic heterocycles. The van der Waals surface area contributed by atoms with Gasteiger partial charge in [0.15, 0.2) is 0 Å². The van der Waals surface area contributed by atoms with Gasteiger partial charge in [0, 0.05) is 9.82 Å². The Morgan fingerprint density at radius 1 is 1.25 bits per heavy atom. The van der Waals surface area contributed by atoms with Crippen molar-refractivity contribution in [1.82, 2.24) is 0 Å². The molecule has 0 radical (unpaired) electrons. The van der Waals surface area contributed by atoms with Crippen LogP contribution < -0.4 is 0 Å². The van der Waals surface area contributed by atoms with Crippen LogP contribution in [0.1, 0.15) is 0 Å². The standard InChI is InChI=1S/C10H6Cl5N3O2/c11-4-1-2-6(5(12)3-4)17-9(10(13,14)15)18-7(16)8(19)20/h1-3H,(H3,16,17,18,19,20). The van der Waals surface area contributed by atoms with Crippen molar-refractivity contribution in [3.8, 4) is 0 Å². The molecular formula is C10H6Cl5N3O2. The van der Waals surface area contributed by atoms with Crippen molar-refractivity contribution >= 4 is 81.3 Å². The number of hydrogen-bond donors (Lipinski definition) is 0. The van der Waals surface area contributed by atoms with E-state index >= 15 is 0 Å². The van der Waals surface area contributed by atoms with Gasteiger partial charge in [-0.15, -0.1) is 0 Å². The summed E-state index contributed by atoms with van der Waals surface area (Å²) in [5.41, 5.74) is 7.38. The molecule has 20 heavy (non-hydrogen) atoms. The first-order valence-corrected chi connectivity index (χ1v) is 6.67. The van der Waals surface area contributed by atoms with Crippen LogP contribution in [0, 0.1) is 0 Å². The molecule has 0 saturated carbocycles. The maximum Gasteiger partial charge on any atom is 0.540 e. The number of carbonyl (C=O) groups is 1. The number of nitrogens with one attached hydrogen (secondary N) is 1. The molecule has 0 unspecified atom stereocenters. The van der Waals surface area contributed by atoms with Crippen LogP contribution in [0.5, 0.6) is 0 Å². The minimum atomic E-state index is -2.09. The summed E-state index contributed by atoms with van der Waals surface area (Å²) in [5.74, 6) is -2.72. The molecule has 0 amide bonds. The molecular weight excluding hydrogens is 371 g/mol. The van der Waals surface area contributed by atoms with Crippen LogP contribution in [-0.4, -0.2) is 26.5 Å². The lowest BCUT2D eigenvalue weighted by Crippen LogP contribution is -2.20. The van der Waals surface area contributed by atoms with Gasteiger partial charge in [-0.05, 0) is 18.2 Å². The molecule has 1 rings (SSSR count). The fraction of sp³-hybridized carbons (Fsp3) is 0.100. The number of nitrogens with zero attached hydrogens (tertiary/aromatic N) is 2. The molecule has 0 fully saturated rings. The third kappa shape index (κ3) is 5.00. The number of alkyl halides is 3. The molecule has 10 heteroatoms. The van der Waals surface area contributed by atoms with Crippen LogP contribution in [-0.2, 0) is 4.79 Å². The normalized spacial score (nSPS) is 13.4. The van der Waals surface area contributed by atoms with Gasteiger partial charge in [-0.2, -0.15) is 0 Å². The summed E-state index contributed by atoms with van der Waals surface area (Å²) in [6.45, 7) is 0. The van der Waals surface area contributed by atoms with Crippen molar-refractivity contribution in [1.29, 1.82) is 0 Å². The summed E-state index contributed by atoms with van der Waals surface area (Å²) < 4.78 is -2.09. The van der Waals surface area contributed by atoms with E-state index in [0.29, 0.717) is 5.02 Å². The van der Waals surface area contributed by atoms with Gasteiger partial charge < -0.3 is 15.8 Å². The van der Waals surface area contributed by atoms with Crippen LogP contribution in [0.4, 0.5) is 5.69 Å². The van der Waals surface area contributed by atoms with Gasteiger partial charge in [0.05, 0.1) is 22.4 Å². The molecule has 0 saturated heterocycles. The Labute approximate surface area is 138 Å². The van der Waals surface area contributed by atoms with E-state index in [0.717, 1.165) is 0 Å². The van der Waals surface area contributed by atoms with Crippen molar-refractivity contribution in [2.24, 2.45) is 9.98 Å². The van der Waals surface area contributed by atoms with Gasteiger partial charge in [-0.1, -0.05) is 58.0 Å². The van der Waals surface area contributed by atoms with Crippen LogP contribution in [0.3, 0.4) is 0 Å². The van der Waals surface area contributed by atoms with Crippen molar-refractivity contribution in [3.05, 3.63) is 34.0 Å². The highest BCUT2D eigenvalue weighted by Gasteiger charge is 2.25. The van der Waals surface area contributed by atoms with Gasteiger partial charge in [0.25, 0.3) is 0 Å². The SMILES string of the molecule is [NH-]C(=NC(=Nc1ccc(Cl)cc1Cl)C(Cl)(Cl)Cl)C(=O)[OH2+]. The molecule has 0 aliphatic rings. The van der Waals surface area contributed by atoms with Gasteiger partial charge >= 0.3 is 5.97 Å². The minimum absolute atomic E-state index is 0.170. The van der Waals surface area contributed by atoms with E-state index in [1.54, 1.807) is 0 Å². The molecule has 1 aromatic carbocycles. The van der Waals surface area contributed by atoms with Gasteiger partial charge in [0.2, 0.25) is 3.79 Å². The maximum atomic E-state index is 10.7. The summed E-state index contributed by atoms with van der Waals surface area (Å²) in [5, 5.41) is 7.30. The molecule has 0 spiro atoms. The highest BCUT2D eigenvalue weighted by Crippen LogP contribution is 2.33. The van der Waals surface area contributed by atoms with Crippen LogP contribution in [0.15, 0.2) is 28.2 Å². The van der Waals surface area contributed by atoms with E-state index in [-0.39, 0.29) is 10.7 Å². The molecule has 3 N–H and O–H groups in total. The Morgan fingerprint density at radius 3 is 2.30 bits per heavy atom. The average molecular weight is 377 g/mol. The lowest BCUT2D eigenvalue weighted by molar-refractivity contribution is -0.129. The quantitative estimate of drug-likeness (QED) is 0.314. The maximum absolute atomic E-state index is 10.7. The number of rotatable bonds is 1. The Kier molecular flexibility index (Phi) is 5.91. The number of benzene rings is 1. The first-order valence-electron chi connectivity index (χ1n) is 4.78. The second-order valence-electron chi connectivity index (χ2n) is 3.32. The van der Waals surface area contributed by atoms with Gasteiger partial charge in [-0.25, -0.2) is 0 Å². The van der Waals surface area contributed by atoms with Crippen molar-refractivity contribution in [3.63, 3.8) is 0 Å². The van der Waals surface area contributed by atoms with Crippen molar-refractivity contribution in [2.75, 3.05) is 0 Å². The fourth-order valence-corrected chi connectivity index (χ4v) is 1.70. The van der Waals surface area contributed by atoms with E-state index in [2.05, 4.69) is 9.98 Å². The zero-order valence-corrected chi connectivity index (χ0v) is 13.2. The van der Waals surface area contributed by atoms with E-state index < -0.39 is 21.4 Å². The van der Waals surface area contributed by atoms with E-state index in [1.807, 2.05) is 0 Å². The highest BCUT2D eigenvalue weighted by atomic mass is 35.6. The summed E-state index contributed by atoms with van der Waals surface area (Å²) in [6, 6.07) is 4.37. The highest BCUT2D eigenvalue weighted by molar-refractivity contribution is 6.77. The average Bonchev–Trinajstić information content (AvgIpc) is 2.29. The van der Waals surface area contributed by atoms with E-state index in [4.69, 9.17) is 68.8 Å². The fourth-order valence-electron chi connectivity index (χ4n) is 0.994. The van der Waals surface area contributed by atoms with Gasteiger partial charge in [-0.3, -0.25) is 4.99 Å². The summed E-state index contributed by atoms with van der Waals surface area (Å²) in [4.78, 5) is 18.0. The first-order chi connectivity index (χ1) is 9.11. The number of carbonyl (C=O) groups excluding carboxylic acids is 1. The van der Waals surface area contributed by atoms with Crippen molar-refractivity contribution in [2.45, 2.75) is 3.79 Å². The number of aliphatic imine (C=N–C) groups is 2. The second kappa shape index (κ2) is 6.83. The third-order valence-corrected chi connectivity index (χ3v) is 2.87. The Hall–Kier alpha value is -0.720. The number of hydrogen-bond acceptors (Lipinski definition) is 2. The smallest absolute Gasteiger partial charge is 0.540 e.